The van der Waals surface area contributed by atoms with Crippen molar-refractivity contribution in [1.82, 2.24) is 10.0 Å². The van der Waals surface area contributed by atoms with Gasteiger partial charge in [-0.1, -0.05) is 3.89 Å². The van der Waals surface area contributed by atoms with Crippen molar-refractivity contribution in [3.8, 4) is 5.75 Å². The first kappa shape index (κ1) is 14.6. The van der Waals surface area contributed by atoms with Crippen LogP contribution in [-0.4, -0.2) is 50.7 Å². The van der Waals surface area contributed by atoms with Crippen LogP contribution in [0.25, 0.3) is 0 Å². The summed E-state index contributed by atoms with van der Waals surface area (Å²) in [7, 11) is -5.17. The molecule has 0 radical (unpaired) electrons. The number of carbonyl (C=O) groups is 1. The molecule has 1 aromatic rings. The lowest BCUT2D eigenvalue weighted by molar-refractivity contribution is -0.112. The third-order valence-corrected chi connectivity index (χ3v) is 2.69. The van der Waals surface area contributed by atoms with Gasteiger partial charge in [-0.15, -0.1) is 0 Å². The molecule has 0 unspecified atom stereocenters. The lowest BCUT2D eigenvalue weighted by Crippen LogP contribution is -2.32. The summed E-state index contributed by atoms with van der Waals surface area (Å²) in [5, 5.41) is 1.07. The van der Waals surface area contributed by atoms with Crippen molar-refractivity contribution in [2.24, 2.45) is 0 Å². The monoisotopic (exact) mass is 306 g/mol. The van der Waals surface area contributed by atoms with Gasteiger partial charge in [-0.2, -0.15) is 8.42 Å². The van der Waals surface area contributed by atoms with Crippen molar-refractivity contribution in [1.29, 1.82) is 0 Å². The number of hydroxylamine groups is 2. The molecule has 0 atom stereocenters. The van der Waals surface area contributed by atoms with Crippen molar-refractivity contribution in [2.45, 2.75) is 0 Å². The molecule has 0 aromatic carbocycles. The number of amides is 1. The number of nitrogens with zero attached hydrogens (tertiary/aromatic N) is 2. The first-order chi connectivity index (χ1) is 9.46. The minimum Gasteiger partial charge on any atom is -0.377 e. The Kier molecular flexibility index (Phi) is 4.47. The Morgan fingerprint density at radius 3 is 2.90 bits per heavy atom. The molecule has 0 N–H and O–H groups in total. The van der Waals surface area contributed by atoms with E-state index < -0.39 is 22.2 Å². The molecule has 1 fully saturated rings. The topological polar surface area (TPSA) is 95.0 Å². The van der Waals surface area contributed by atoms with Crippen molar-refractivity contribution < 1.29 is 30.9 Å². The molecule has 0 bridgehead atoms. The Morgan fingerprint density at radius 1 is 1.35 bits per heavy atom. The average Bonchev–Trinajstić information content (AvgIpc) is 2.65. The Hall–Kier alpha value is -1.78. The smallest absolute Gasteiger partial charge is 0.377 e. The standard InChI is InChI=1S/C10H11FN2O6S/c11-20(15,16)19-9-5-8(6-12-7-9)10(14)13-1-2-17-3-4-18-13/h5-7H,1-4H2. The minimum absolute atomic E-state index is 0.00745. The normalized spacial score (nSPS) is 16.6. The summed E-state index contributed by atoms with van der Waals surface area (Å²) in [6, 6.07) is 1.06. The van der Waals surface area contributed by atoms with E-state index in [4.69, 9.17) is 9.57 Å². The van der Waals surface area contributed by atoms with E-state index >= 15 is 0 Å². The van der Waals surface area contributed by atoms with Gasteiger partial charge in [-0.25, -0.2) is 5.06 Å². The number of hydrogen-bond acceptors (Lipinski definition) is 7. The highest BCUT2D eigenvalue weighted by Crippen LogP contribution is 2.16. The summed E-state index contributed by atoms with van der Waals surface area (Å²) in [6.07, 6.45) is 2.16. The Labute approximate surface area is 114 Å². The van der Waals surface area contributed by atoms with Crippen LogP contribution < -0.4 is 4.18 Å². The molecule has 8 nitrogen and oxygen atoms in total. The molecule has 110 valence electrons. The predicted octanol–water partition coefficient (Wildman–Crippen LogP) is 0.0787. The molecule has 2 heterocycles. The van der Waals surface area contributed by atoms with Gasteiger partial charge in [0.15, 0.2) is 5.75 Å². The van der Waals surface area contributed by atoms with Crippen molar-refractivity contribution >= 4 is 16.4 Å². The molecular formula is C10H11FN2O6S. The number of pyridine rings is 1. The van der Waals surface area contributed by atoms with E-state index in [0.29, 0.717) is 13.2 Å². The summed E-state index contributed by atoms with van der Waals surface area (Å²) >= 11 is 0. The maximum absolute atomic E-state index is 12.4. The summed E-state index contributed by atoms with van der Waals surface area (Å²) in [5.74, 6) is -0.950. The first-order valence-corrected chi connectivity index (χ1v) is 6.88. The molecule has 0 spiro atoms. The highest BCUT2D eigenvalue weighted by Gasteiger charge is 2.20. The zero-order valence-corrected chi connectivity index (χ0v) is 11.0. The van der Waals surface area contributed by atoms with Gasteiger partial charge in [0, 0.05) is 6.20 Å². The van der Waals surface area contributed by atoms with Crippen molar-refractivity contribution in [3.63, 3.8) is 0 Å². The number of aromatic nitrogens is 1. The second kappa shape index (κ2) is 6.11. The van der Waals surface area contributed by atoms with E-state index in [0.717, 1.165) is 17.3 Å². The number of hydrogen-bond donors (Lipinski definition) is 0. The van der Waals surface area contributed by atoms with E-state index in [1.165, 1.54) is 6.20 Å². The van der Waals surface area contributed by atoms with Crippen molar-refractivity contribution in [2.75, 3.05) is 26.4 Å². The van der Waals surface area contributed by atoms with Crippen LogP contribution in [0.3, 0.4) is 0 Å². The average molecular weight is 306 g/mol. The summed E-state index contributed by atoms with van der Waals surface area (Å²) in [5.41, 5.74) is 0.00745. The van der Waals surface area contributed by atoms with Crippen LogP contribution in [0, 0.1) is 0 Å². The first-order valence-electron chi connectivity index (χ1n) is 5.57. The van der Waals surface area contributed by atoms with Gasteiger partial charge in [0.25, 0.3) is 5.91 Å². The highest BCUT2D eigenvalue weighted by atomic mass is 32.3. The quantitative estimate of drug-likeness (QED) is 0.730. The van der Waals surface area contributed by atoms with Crippen LogP contribution in [0.5, 0.6) is 5.75 Å². The third kappa shape index (κ3) is 4.11. The summed E-state index contributed by atoms with van der Waals surface area (Å²) in [6.45, 7) is 1.11. The molecule has 1 amide bonds. The van der Waals surface area contributed by atoms with E-state index in [1.54, 1.807) is 0 Å². The van der Waals surface area contributed by atoms with Gasteiger partial charge < -0.3 is 8.92 Å². The fourth-order valence-electron chi connectivity index (χ4n) is 1.52. The lowest BCUT2D eigenvalue weighted by Gasteiger charge is -2.18. The number of ether oxygens (including phenoxy) is 1. The third-order valence-electron chi connectivity index (χ3n) is 2.30. The molecule has 1 aliphatic heterocycles. The second-order valence-electron chi connectivity index (χ2n) is 3.74. The molecule has 20 heavy (non-hydrogen) atoms. The van der Waals surface area contributed by atoms with Gasteiger partial charge in [0.2, 0.25) is 0 Å². The molecule has 1 aromatic heterocycles. The number of halogens is 1. The molecule has 2 rings (SSSR count). The molecule has 0 aliphatic carbocycles. The van der Waals surface area contributed by atoms with Gasteiger partial charge >= 0.3 is 10.5 Å². The van der Waals surface area contributed by atoms with Crippen LogP contribution in [0.1, 0.15) is 10.4 Å². The number of carbonyl (C=O) groups excluding carboxylic acids is 1. The van der Waals surface area contributed by atoms with Crippen LogP contribution in [-0.2, 0) is 20.1 Å². The second-order valence-corrected chi connectivity index (χ2v) is 4.69. The van der Waals surface area contributed by atoms with E-state index in [9.17, 15) is 17.1 Å². The predicted molar refractivity (Wildman–Crippen MR) is 62.7 cm³/mol. The zero-order chi connectivity index (χ0) is 14.6. The Balaban J connectivity index is 2.15. The molecular weight excluding hydrogens is 295 g/mol. The largest absolute Gasteiger partial charge is 0.488 e. The fourth-order valence-corrected chi connectivity index (χ4v) is 1.84. The van der Waals surface area contributed by atoms with E-state index in [-0.39, 0.29) is 18.7 Å². The van der Waals surface area contributed by atoms with Crippen LogP contribution >= 0.6 is 0 Å². The van der Waals surface area contributed by atoms with Crippen LogP contribution in [0.15, 0.2) is 18.5 Å². The molecule has 1 saturated heterocycles. The van der Waals surface area contributed by atoms with E-state index in [1.807, 2.05) is 0 Å². The summed E-state index contributed by atoms with van der Waals surface area (Å²) in [4.78, 5) is 20.9. The summed E-state index contributed by atoms with van der Waals surface area (Å²) < 4.78 is 42.3. The van der Waals surface area contributed by atoms with Gasteiger partial charge in [0.05, 0.1) is 38.1 Å². The zero-order valence-electron chi connectivity index (χ0n) is 10.2. The van der Waals surface area contributed by atoms with Crippen LogP contribution in [0.4, 0.5) is 3.89 Å². The highest BCUT2D eigenvalue weighted by molar-refractivity contribution is 7.81. The fraction of sp³-hybridized carbons (Fsp3) is 0.400. The Bertz CT molecular complexity index is 585. The minimum atomic E-state index is -5.17. The SMILES string of the molecule is O=C(c1cncc(OS(=O)(=O)F)c1)N1CCOCCO1. The van der Waals surface area contributed by atoms with Crippen LogP contribution in [0.2, 0.25) is 0 Å². The maximum Gasteiger partial charge on any atom is 0.488 e. The lowest BCUT2D eigenvalue weighted by atomic mass is 10.2. The van der Waals surface area contributed by atoms with Gasteiger partial charge in [0.1, 0.15) is 0 Å². The van der Waals surface area contributed by atoms with Crippen molar-refractivity contribution in [3.05, 3.63) is 24.0 Å². The van der Waals surface area contributed by atoms with Gasteiger partial charge in [-0.3, -0.25) is 14.6 Å². The number of rotatable bonds is 3. The molecule has 10 heteroatoms. The Morgan fingerprint density at radius 2 is 2.15 bits per heavy atom. The molecule has 0 saturated carbocycles. The van der Waals surface area contributed by atoms with Gasteiger partial charge in [-0.05, 0) is 6.07 Å². The van der Waals surface area contributed by atoms with E-state index in [2.05, 4.69) is 9.17 Å². The maximum atomic E-state index is 12.4. The molecule has 1 aliphatic rings.